The van der Waals surface area contributed by atoms with Crippen LogP contribution in [-0.2, 0) is 10.0 Å². The second-order valence-electron chi connectivity index (χ2n) is 5.70. The number of nitrogens with zero attached hydrogens (tertiary/aromatic N) is 1. The molecule has 0 radical (unpaired) electrons. The number of furan rings is 1. The van der Waals surface area contributed by atoms with Crippen LogP contribution >= 0.6 is 0 Å². The number of halogens is 2. The lowest BCUT2D eigenvalue weighted by atomic mass is 10.2. The van der Waals surface area contributed by atoms with Gasteiger partial charge in [0.05, 0.1) is 12.3 Å². The van der Waals surface area contributed by atoms with Crippen molar-refractivity contribution >= 4 is 10.0 Å². The van der Waals surface area contributed by atoms with Crippen LogP contribution in [0.5, 0.6) is 0 Å². The number of sulfonamides is 1. The molecule has 8 heteroatoms. The number of likely N-dealkylation sites (tertiary alicyclic amines) is 1. The van der Waals surface area contributed by atoms with E-state index in [9.17, 15) is 17.2 Å². The first-order chi connectivity index (χ1) is 11.5. The van der Waals surface area contributed by atoms with Crippen molar-refractivity contribution in [2.24, 2.45) is 0 Å². The van der Waals surface area contributed by atoms with Crippen molar-refractivity contribution in [2.45, 2.75) is 23.8 Å². The van der Waals surface area contributed by atoms with E-state index < -0.39 is 26.6 Å². The van der Waals surface area contributed by atoms with Crippen LogP contribution in [0.25, 0.3) is 0 Å². The first-order valence-corrected chi connectivity index (χ1v) is 9.18. The number of hydrogen-bond donors (Lipinski definition) is 1. The second kappa shape index (κ2) is 7.00. The zero-order valence-electron chi connectivity index (χ0n) is 12.9. The molecular formula is C16H18F2N2O3S. The summed E-state index contributed by atoms with van der Waals surface area (Å²) in [4.78, 5) is 1.56. The molecule has 0 amide bonds. The SMILES string of the molecule is O=S(=O)(NC[C@@H](c1ccco1)N1CCCC1)c1ccc(F)cc1F. The minimum atomic E-state index is -4.08. The van der Waals surface area contributed by atoms with Crippen molar-refractivity contribution in [3.05, 3.63) is 54.0 Å². The van der Waals surface area contributed by atoms with Gasteiger partial charge in [-0.2, -0.15) is 0 Å². The third kappa shape index (κ3) is 3.66. The largest absolute Gasteiger partial charge is 0.468 e. The molecule has 1 aromatic heterocycles. The van der Waals surface area contributed by atoms with Crippen LogP contribution in [0.1, 0.15) is 24.6 Å². The van der Waals surface area contributed by atoms with Crippen molar-refractivity contribution in [1.29, 1.82) is 0 Å². The molecule has 1 aliphatic rings. The summed E-state index contributed by atoms with van der Waals surface area (Å²) in [6.07, 6.45) is 3.61. The maximum atomic E-state index is 13.8. The van der Waals surface area contributed by atoms with Gasteiger partial charge in [-0.1, -0.05) is 0 Å². The van der Waals surface area contributed by atoms with E-state index in [1.165, 1.54) is 6.26 Å². The molecule has 1 fully saturated rings. The molecule has 0 unspecified atom stereocenters. The zero-order chi connectivity index (χ0) is 17.2. The number of hydrogen-bond acceptors (Lipinski definition) is 4. The standard InChI is InChI=1S/C16H18F2N2O3S/c17-12-5-6-16(13(18)10-12)24(21,22)19-11-14(15-4-3-9-23-15)20-7-1-2-8-20/h3-6,9-10,14,19H,1-2,7-8,11H2/t14-/m0/s1. The van der Waals surface area contributed by atoms with Crippen LogP contribution in [0.2, 0.25) is 0 Å². The minimum Gasteiger partial charge on any atom is -0.468 e. The van der Waals surface area contributed by atoms with E-state index in [4.69, 9.17) is 4.42 Å². The maximum absolute atomic E-state index is 13.8. The van der Waals surface area contributed by atoms with Gasteiger partial charge in [-0.25, -0.2) is 21.9 Å². The van der Waals surface area contributed by atoms with E-state index in [0.717, 1.165) is 38.1 Å². The fourth-order valence-corrected chi connectivity index (χ4v) is 4.00. The summed E-state index contributed by atoms with van der Waals surface area (Å²) in [6.45, 7) is 1.74. The summed E-state index contributed by atoms with van der Waals surface area (Å²) in [7, 11) is -4.08. The lowest BCUT2D eigenvalue weighted by Crippen LogP contribution is -2.36. The van der Waals surface area contributed by atoms with Crippen LogP contribution in [0.3, 0.4) is 0 Å². The third-order valence-corrected chi connectivity index (χ3v) is 5.56. The first kappa shape index (κ1) is 17.1. The van der Waals surface area contributed by atoms with E-state index in [1.54, 1.807) is 12.1 Å². The molecule has 0 aliphatic carbocycles. The second-order valence-corrected chi connectivity index (χ2v) is 7.44. The minimum absolute atomic E-state index is 0.0483. The fourth-order valence-electron chi connectivity index (χ4n) is 2.90. The van der Waals surface area contributed by atoms with Crippen molar-refractivity contribution in [2.75, 3.05) is 19.6 Å². The summed E-state index contributed by atoms with van der Waals surface area (Å²) >= 11 is 0. The van der Waals surface area contributed by atoms with Crippen molar-refractivity contribution < 1.29 is 21.6 Å². The third-order valence-electron chi connectivity index (χ3n) is 4.10. The molecule has 0 spiro atoms. The molecular weight excluding hydrogens is 338 g/mol. The van der Waals surface area contributed by atoms with Gasteiger partial charge in [0.25, 0.3) is 0 Å². The Morgan fingerprint density at radius 1 is 1.21 bits per heavy atom. The van der Waals surface area contributed by atoms with Crippen molar-refractivity contribution in [3.8, 4) is 0 Å². The summed E-state index contributed by atoms with van der Waals surface area (Å²) < 4.78 is 59.2. The Bertz CT molecular complexity index is 788. The van der Waals surface area contributed by atoms with Gasteiger partial charge >= 0.3 is 0 Å². The summed E-state index contributed by atoms with van der Waals surface area (Å²) in [6, 6.07) is 5.66. The van der Waals surface area contributed by atoms with Gasteiger partial charge in [0, 0.05) is 12.6 Å². The van der Waals surface area contributed by atoms with Crippen molar-refractivity contribution in [1.82, 2.24) is 9.62 Å². The van der Waals surface area contributed by atoms with Crippen LogP contribution in [-0.4, -0.2) is 33.0 Å². The van der Waals surface area contributed by atoms with Gasteiger partial charge in [0.1, 0.15) is 22.3 Å². The van der Waals surface area contributed by atoms with Crippen molar-refractivity contribution in [3.63, 3.8) is 0 Å². The van der Waals surface area contributed by atoms with E-state index >= 15 is 0 Å². The highest BCUT2D eigenvalue weighted by molar-refractivity contribution is 7.89. The summed E-state index contributed by atoms with van der Waals surface area (Å²) in [5.74, 6) is -1.28. The number of nitrogens with one attached hydrogen (secondary N) is 1. The van der Waals surface area contributed by atoms with E-state index in [1.807, 2.05) is 0 Å². The van der Waals surface area contributed by atoms with Gasteiger partial charge in [-0.3, -0.25) is 4.90 Å². The topological polar surface area (TPSA) is 62.6 Å². The van der Waals surface area contributed by atoms with Gasteiger partial charge in [-0.05, 0) is 50.2 Å². The monoisotopic (exact) mass is 356 g/mol. The zero-order valence-corrected chi connectivity index (χ0v) is 13.7. The highest BCUT2D eigenvalue weighted by atomic mass is 32.2. The maximum Gasteiger partial charge on any atom is 0.243 e. The molecule has 5 nitrogen and oxygen atoms in total. The predicted molar refractivity (Wildman–Crippen MR) is 83.8 cm³/mol. The van der Waals surface area contributed by atoms with Gasteiger partial charge < -0.3 is 4.42 Å². The number of rotatable bonds is 6. The predicted octanol–water partition coefficient (Wildman–Crippen LogP) is 2.67. The highest BCUT2D eigenvalue weighted by Crippen LogP contribution is 2.25. The molecule has 1 N–H and O–H groups in total. The Kier molecular flexibility index (Phi) is 4.98. The highest BCUT2D eigenvalue weighted by Gasteiger charge is 2.28. The molecule has 1 aromatic carbocycles. The lowest BCUT2D eigenvalue weighted by molar-refractivity contribution is 0.216. The smallest absolute Gasteiger partial charge is 0.243 e. The average molecular weight is 356 g/mol. The van der Waals surface area contributed by atoms with Gasteiger partial charge in [0.2, 0.25) is 10.0 Å². The first-order valence-electron chi connectivity index (χ1n) is 7.69. The molecule has 3 rings (SSSR count). The fraction of sp³-hybridized carbons (Fsp3) is 0.375. The van der Waals surface area contributed by atoms with Crippen LogP contribution in [0.4, 0.5) is 8.78 Å². The molecule has 2 heterocycles. The quantitative estimate of drug-likeness (QED) is 0.864. The normalized spacial score (nSPS) is 17.2. The lowest BCUT2D eigenvalue weighted by Gasteiger charge is -2.26. The molecule has 130 valence electrons. The number of benzene rings is 1. The Balaban J connectivity index is 1.78. The van der Waals surface area contributed by atoms with Gasteiger partial charge in [-0.15, -0.1) is 0 Å². The molecule has 1 saturated heterocycles. The van der Waals surface area contributed by atoms with E-state index in [2.05, 4.69) is 9.62 Å². The Labute approximate surface area is 139 Å². The molecule has 1 atom stereocenters. The molecule has 0 saturated carbocycles. The molecule has 2 aromatic rings. The Hall–Kier alpha value is -1.77. The Morgan fingerprint density at radius 3 is 2.58 bits per heavy atom. The van der Waals surface area contributed by atoms with E-state index in [0.29, 0.717) is 11.8 Å². The molecule has 1 aliphatic heterocycles. The Morgan fingerprint density at radius 2 is 1.96 bits per heavy atom. The summed E-state index contributed by atoms with van der Waals surface area (Å²) in [5.41, 5.74) is 0. The van der Waals surface area contributed by atoms with Crippen LogP contribution in [0.15, 0.2) is 45.9 Å². The average Bonchev–Trinajstić information content (AvgIpc) is 3.20. The van der Waals surface area contributed by atoms with Crippen LogP contribution < -0.4 is 4.72 Å². The van der Waals surface area contributed by atoms with Crippen LogP contribution in [0, 0.1) is 11.6 Å². The van der Waals surface area contributed by atoms with Gasteiger partial charge in [0.15, 0.2) is 0 Å². The summed E-state index contributed by atoms with van der Waals surface area (Å²) in [5, 5.41) is 0. The molecule has 24 heavy (non-hydrogen) atoms. The molecule has 0 bridgehead atoms. The van der Waals surface area contributed by atoms with E-state index in [-0.39, 0.29) is 12.6 Å².